The molecule has 4 nitrogen and oxygen atoms in total. The highest BCUT2D eigenvalue weighted by molar-refractivity contribution is 8.12. The summed E-state index contributed by atoms with van der Waals surface area (Å²) >= 11 is 0.0476. The number of nitrogens with zero attached hydrogens (tertiary/aromatic N) is 1. The minimum absolute atomic E-state index is 0.0233. The monoisotopic (exact) mass is 625 g/mol. The standard InChI is InChI=1S/C29H37F6NO3S2/c1-8-27(9-2,22-11-13-24(20(4)15-22)39-16-25(37)26(5,6)7)21-10-12-23(19(3)14-21)36(40-17-28(30,31)32)41(38)18-29(33,34)35/h10-15H,8-9,16-18H2,1-7H3. The Morgan fingerprint density at radius 3 is 1.85 bits per heavy atom. The molecule has 0 bridgehead atoms. The van der Waals surface area contributed by atoms with Crippen molar-refractivity contribution in [2.75, 3.05) is 21.8 Å². The number of alkyl halides is 6. The van der Waals surface area contributed by atoms with Crippen LogP contribution in [0, 0.1) is 19.3 Å². The summed E-state index contributed by atoms with van der Waals surface area (Å²) in [4.78, 5) is 12.3. The number of benzene rings is 2. The van der Waals surface area contributed by atoms with E-state index in [2.05, 4.69) is 0 Å². The van der Waals surface area contributed by atoms with E-state index in [-0.39, 0.29) is 30.0 Å². The molecule has 0 N–H and O–H groups in total. The molecule has 2 rings (SSSR count). The van der Waals surface area contributed by atoms with E-state index in [1.165, 1.54) is 6.07 Å². The molecule has 41 heavy (non-hydrogen) atoms. The summed E-state index contributed by atoms with van der Waals surface area (Å²) in [5, 5.41) is 0. The van der Waals surface area contributed by atoms with E-state index >= 15 is 0 Å². The first-order chi connectivity index (χ1) is 18.7. The van der Waals surface area contributed by atoms with Gasteiger partial charge in [0.05, 0.1) is 5.69 Å². The molecule has 0 spiro atoms. The topological polar surface area (TPSA) is 46.6 Å². The molecular formula is C29H37F6NO3S2. The van der Waals surface area contributed by atoms with Crippen molar-refractivity contribution in [3.8, 4) is 5.75 Å². The van der Waals surface area contributed by atoms with Gasteiger partial charge in [0.15, 0.2) is 5.78 Å². The van der Waals surface area contributed by atoms with Gasteiger partial charge in [0.1, 0.15) is 34.8 Å². The fourth-order valence-electron chi connectivity index (χ4n) is 4.43. The number of carbonyl (C=O) groups is 1. The van der Waals surface area contributed by atoms with Gasteiger partial charge in [-0.05, 0) is 73.0 Å². The lowest BCUT2D eigenvalue weighted by molar-refractivity contribution is -0.128. The Kier molecular flexibility index (Phi) is 11.4. The minimum atomic E-state index is -4.82. The Morgan fingerprint density at radius 1 is 0.878 bits per heavy atom. The molecular weight excluding hydrogens is 588 g/mol. The predicted molar refractivity (Wildman–Crippen MR) is 154 cm³/mol. The first-order valence-electron chi connectivity index (χ1n) is 13.1. The van der Waals surface area contributed by atoms with Gasteiger partial charge in [-0.3, -0.25) is 4.79 Å². The van der Waals surface area contributed by atoms with Crippen LogP contribution in [0.4, 0.5) is 32.0 Å². The lowest BCUT2D eigenvalue weighted by Crippen LogP contribution is -2.31. The van der Waals surface area contributed by atoms with Gasteiger partial charge in [0, 0.05) is 10.8 Å². The van der Waals surface area contributed by atoms with Gasteiger partial charge in [-0.1, -0.05) is 58.9 Å². The number of aryl methyl sites for hydroxylation is 2. The summed E-state index contributed by atoms with van der Waals surface area (Å²) in [5.74, 6) is -2.71. The summed E-state index contributed by atoms with van der Waals surface area (Å²) in [5.41, 5.74) is 1.96. The molecule has 0 fully saturated rings. The van der Waals surface area contributed by atoms with Crippen molar-refractivity contribution in [1.29, 1.82) is 0 Å². The Hall–Kier alpha value is -2.21. The molecule has 12 heteroatoms. The fourth-order valence-corrected chi connectivity index (χ4v) is 6.64. The minimum Gasteiger partial charge on any atom is -0.486 e. The first-order valence-corrected chi connectivity index (χ1v) is 15.3. The van der Waals surface area contributed by atoms with E-state index in [1.54, 1.807) is 25.1 Å². The van der Waals surface area contributed by atoms with Crippen molar-refractivity contribution in [3.63, 3.8) is 0 Å². The quantitative estimate of drug-likeness (QED) is 0.175. The van der Waals surface area contributed by atoms with E-state index in [1.807, 2.05) is 53.7 Å². The van der Waals surface area contributed by atoms with Gasteiger partial charge in [-0.15, -0.1) is 0 Å². The zero-order valence-corrected chi connectivity index (χ0v) is 25.9. The average Bonchev–Trinajstić information content (AvgIpc) is 2.83. The van der Waals surface area contributed by atoms with Gasteiger partial charge < -0.3 is 4.74 Å². The van der Waals surface area contributed by atoms with Crippen molar-refractivity contribution < 1.29 is 40.1 Å². The Morgan fingerprint density at radius 2 is 1.41 bits per heavy atom. The van der Waals surface area contributed by atoms with Crippen LogP contribution >= 0.6 is 11.9 Å². The van der Waals surface area contributed by atoms with Crippen molar-refractivity contribution in [3.05, 3.63) is 58.7 Å². The molecule has 0 saturated heterocycles. The molecule has 0 aliphatic heterocycles. The van der Waals surface area contributed by atoms with Crippen LogP contribution in [0.3, 0.4) is 0 Å². The number of rotatable bonds is 12. The summed E-state index contributed by atoms with van der Waals surface area (Å²) in [6, 6.07) is 10.5. The second kappa shape index (κ2) is 13.4. The van der Waals surface area contributed by atoms with Gasteiger partial charge in [0.2, 0.25) is 0 Å². The maximum absolute atomic E-state index is 13.0. The zero-order valence-electron chi connectivity index (χ0n) is 24.3. The van der Waals surface area contributed by atoms with Crippen LogP contribution in [-0.4, -0.2) is 40.5 Å². The average molecular weight is 626 g/mol. The van der Waals surface area contributed by atoms with E-state index in [0.717, 1.165) is 16.7 Å². The van der Waals surface area contributed by atoms with Crippen molar-refractivity contribution in [1.82, 2.24) is 0 Å². The lowest BCUT2D eigenvalue weighted by Gasteiger charge is -2.35. The van der Waals surface area contributed by atoms with Crippen molar-refractivity contribution in [2.45, 2.75) is 79.1 Å². The number of ether oxygens (including phenoxy) is 1. The molecule has 0 heterocycles. The van der Waals surface area contributed by atoms with Crippen LogP contribution in [-0.2, 0) is 21.2 Å². The zero-order chi connectivity index (χ0) is 31.4. The highest BCUT2D eigenvalue weighted by Crippen LogP contribution is 2.43. The summed E-state index contributed by atoms with van der Waals surface area (Å²) in [7, 11) is -2.77. The Balaban J connectivity index is 2.48. The van der Waals surface area contributed by atoms with Crippen molar-refractivity contribution in [2.24, 2.45) is 5.41 Å². The van der Waals surface area contributed by atoms with Gasteiger partial charge in [-0.2, -0.15) is 26.3 Å². The second-order valence-electron chi connectivity index (χ2n) is 11.0. The number of anilines is 1. The van der Waals surface area contributed by atoms with E-state index < -0.39 is 45.7 Å². The molecule has 0 radical (unpaired) electrons. The van der Waals surface area contributed by atoms with Crippen LogP contribution < -0.4 is 8.45 Å². The van der Waals surface area contributed by atoms with E-state index in [4.69, 9.17) is 4.74 Å². The largest absolute Gasteiger partial charge is 0.486 e. The third-order valence-corrected chi connectivity index (χ3v) is 9.74. The van der Waals surface area contributed by atoms with Gasteiger partial charge in [0.25, 0.3) is 0 Å². The number of Topliss-reactive ketones (excluding diaryl/α,β-unsaturated/α-hetero) is 1. The normalized spacial score (nSPS) is 13.7. The molecule has 0 aliphatic rings. The molecule has 1 atom stereocenters. The Labute approximate surface area is 244 Å². The molecule has 0 saturated carbocycles. The van der Waals surface area contributed by atoms with Crippen molar-refractivity contribution >= 4 is 34.4 Å². The van der Waals surface area contributed by atoms with Crippen LogP contribution in [0.1, 0.15) is 69.7 Å². The molecule has 0 amide bonds. The van der Waals surface area contributed by atoms with Crippen LogP contribution in [0.5, 0.6) is 5.75 Å². The fraction of sp³-hybridized carbons (Fsp3) is 0.552. The predicted octanol–water partition coefficient (Wildman–Crippen LogP) is 8.65. The molecule has 230 valence electrons. The number of hydrogen-bond donors (Lipinski definition) is 0. The lowest BCUT2D eigenvalue weighted by atomic mass is 9.70. The van der Waals surface area contributed by atoms with Crippen LogP contribution in [0.2, 0.25) is 0 Å². The summed E-state index contributed by atoms with van der Waals surface area (Å²) in [6.07, 6.45) is -8.18. The highest BCUT2D eigenvalue weighted by Gasteiger charge is 2.37. The number of ketones is 1. The maximum Gasteiger partial charge on any atom is 0.402 e. The highest BCUT2D eigenvalue weighted by atomic mass is 32.2. The molecule has 2 aromatic carbocycles. The SMILES string of the molecule is CCC(CC)(c1ccc(OCC(=O)C(C)(C)C)c(C)c1)c1ccc(N(SCC(F)(F)F)S(=O)CC(F)(F)F)c(C)c1. The maximum atomic E-state index is 13.0. The molecule has 0 aromatic heterocycles. The Bertz CT molecular complexity index is 1230. The van der Waals surface area contributed by atoms with Gasteiger partial charge >= 0.3 is 12.4 Å². The van der Waals surface area contributed by atoms with E-state index in [0.29, 0.717) is 27.9 Å². The third kappa shape index (κ3) is 9.39. The summed E-state index contributed by atoms with van der Waals surface area (Å²) in [6.45, 7) is 12.8. The second-order valence-corrected chi connectivity index (χ2v) is 13.4. The summed E-state index contributed by atoms with van der Waals surface area (Å²) < 4.78 is 96.7. The number of halogens is 6. The van der Waals surface area contributed by atoms with E-state index in [9.17, 15) is 35.3 Å². The third-order valence-electron chi connectivity index (χ3n) is 6.89. The smallest absolute Gasteiger partial charge is 0.402 e. The number of hydrogen-bond acceptors (Lipinski definition) is 4. The molecule has 2 aromatic rings. The number of carbonyl (C=O) groups excluding carboxylic acids is 1. The molecule has 0 aliphatic carbocycles. The van der Waals surface area contributed by atoms with Crippen LogP contribution in [0.25, 0.3) is 0 Å². The molecule has 1 unspecified atom stereocenters. The van der Waals surface area contributed by atoms with Crippen LogP contribution in [0.15, 0.2) is 36.4 Å². The first kappa shape index (κ1) is 35.0. The van der Waals surface area contributed by atoms with Gasteiger partial charge in [-0.25, -0.2) is 7.92 Å².